The summed E-state index contributed by atoms with van der Waals surface area (Å²) in [5.41, 5.74) is 0. The third-order valence-electron chi connectivity index (χ3n) is 4.22. The number of rotatable bonds is 2. The number of hydrogen-bond donors (Lipinski definition) is 1. The highest BCUT2D eigenvalue weighted by Gasteiger charge is 2.42. The summed E-state index contributed by atoms with van der Waals surface area (Å²) in [6.07, 6.45) is 5.05. The second-order valence-electron chi connectivity index (χ2n) is 5.63. The predicted molar refractivity (Wildman–Crippen MR) is 61.8 cm³/mol. The van der Waals surface area contributed by atoms with E-state index in [0.717, 1.165) is 12.8 Å². The molecule has 2 atom stereocenters. The van der Waals surface area contributed by atoms with Gasteiger partial charge in [-0.15, -0.1) is 0 Å². The minimum Gasteiger partial charge on any atom is -0.303 e. The summed E-state index contributed by atoms with van der Waals surface area (Å²) in [7, 11) is 0. The first-order valence-corrected chi connectivity index (χ1v) is 6.88. The molecule has 1 saturated carbocycles. The molecule has 17 heavy (non-hydrogen) atoms. The van der Waals surface area contributed by atoms with Gasteiger partial charge in [0, 0.05) is 6.04 Å². The lowest BCUT2D eigenvalue weighted by molar-refractivity contribution is -0.163. The molecule has 0 aromatic rings. The van der Waals surface area contributed by atoms with E-state index >= 15 is 0 Å². The Morgan fingerprint density at radius 1 is 0.882 bits per heavy atom. The number of hydrogen-bond acceptors (Lipinski definition) is 1. The van der Waals surface area contributed by atoms with Gasteiger partial charge in [0.15, 0.2) is 0 Å². The third-order valence-corrected chi connectivity index (χ3v) is 4.22. The third kappa shape index (κ3) is 3.87. The SMILES string of the molecule is FC(F)(F)C1CCCC(CC2CCCCC2)N1. The van der Waals surface area contributed by atoms with Gasteiger partial charge >= 0.3 is 6.18 Å². The molecule has 0 spiro atoms. The quantitative estimate of drug-likeness (QED) is 0.779. The number of nitrogens with one attached hydrogen (secondary N) is 1. The van der Waals surface area contributed by atoms with E-state index in [1.165, 1.54) is 32.1 Å². The lowest BCUT2D eigenvalue weighted by atomic mass is 9.82. The number of halogens is 3. The van der Waals surface area contributed by atoms with Crippen molar-refractivity contribution in [2.45, 2.75) is 76.0 Å². The fourth-order valence-corrected chi connectivity index (χ4v) is 3.29. The molecule has 0 aromatic heterocycles. The minimum atomic E-state index is -4.06. The van der Waals surface area contributed by atoms with Crippen molar-refractivity contribution in [3.8, 4) is 0 Å². The van der Waals surface area contributed by atoms with Crippen molar-refractivity contribution >= 4 is 0 Å². The first kappa shape index (κ1) is 13.2. The molecule has 2 fully saturated rings. The fraction of sp³-hybridized carbons (Fsp3) is 1.00. The summed E-state index contributed by atoms with van der Waals surface area (Å²) in [4.78, 5) is 0. The normalized spacial score (nSPS) is 32.6. The molecular weight excluding hydrogens is 227 g/mol. The molecular formula is C13H22F3N. The minimum absolute atomic E-state index is 0.0958. The number of piperidine rings is 1. The molecule has 0 radical (unpaired) electrons. The molecule has 100 valence electrons. The van der Waals surface area contributed by atoms with Crippen molar-refractivity contribution in [3.63, 3.8) is 0 Å². The van der Waals surface area contributed by atoms with Crippen LogP contribution in [0.15, 0.2) is 0 Å². The zero-order valence-corrected chi connectivity index (χ0v) is 10.2. The van der Waals surface area contributed by atoms with Gasteiger partial charge < -0.3 is 5.32 Å². The molecule has 2 unspecified atom stereocenters. The Labute approximate surface area is 101 Å². The van der Waals surface area contributed by atoms with E-state index in [4.69, 9.17) is 0 Å². The molecule has 0 amide bonds. The molecule has 2 rings (SSSR count). The van der Waals surface area contributed by atoms with Gasteiger partial charge in [0.05, 0.1) is 0 Å². The van der Waals surface area contributed by atoms with Crippen LogP contribution in [0.25, 0.3) is 0 Å². The molecule has 1 aliphatic carbocycles. The van der Waals surface area contributed by atoms with E-state index in [2.05, 4.69) is 5.32 Å². The maximum atomic E-state index is 12.6. The van der Waals surface area contributed by atoms with Gasteiger partial charge in [-0.05, 0) is 25.2 Å². The summed E-state index contributed by atoms with van der Waals surface area (Å²) in [6.45, 7) is 0. The van der Waals surface area contributed by atoms with Crippen LogP contribution in [0.5, 0.6) is 0 Å². The van der Waals surface area contributed by atoms with Crippen LogP contribution >= 0.6 is 0 Å². The van der Waals surface area contributed by atoms with E-state index in [1.54, 1.807) is 0 Å². The molecule has 1 saturated heterocycles. The molecule has 4 heteroatoms. The smallest absolute Gasteiger partial charge is 0.303 e. The Morgan fingerprint density at radius 2 is 1.59 bits per heavy atom. The topological polar surface area (TPSA) is 12.0 Å². The second-order valence-corrected chi connectivity index (χ2v) is 5.63. The molecule has 1 nitrogen and oxygen atoms in total. The summed E-state index contributed by atoms with van der Waals surface area (Å²) in [5.74, 6) is 0.660. The van der Waals surface area contributed by atoms with E-state index < -0.39 is 12.2 Å². The highest BCUT2D eigenvalue weighted by molar-refractivity contribution is 4.86. The second kappa shape index (κ2) is 5.59. The molecule has 1 aliphatic heterocycles. The highest BCUT2D eigenvalue weighted by atomic mass is 19.4. The zero-order valence-electron chi connectivity index (χ0n) is 10.2. The molecule has 2 aliphatic rings. The molecule has 1 N–H and O–H groups in total. The van der Waals surface area contributed by atoms with Gasteiger partial charge in [-0.3, -0.25) is 0 Å². The summed E-state index contributed by atoms with van der Waals surface area (Å²) in [6, 6.07) is -1.16. The average Bonchev–Trinajstić information content (AvgIpc) is 2.29. The van der Waals surface area contributed by atoms with Crippen LogP contribution in [0.1, 0.15) is 57.8 Å². The Balaban J connectivity index is 1.80. The molecule has 0 bridgehead atoms. The Hall–Kier alpha value is -0.250. The number of alkyl halides is 3. The van der Waals surface area contributed by atoms with Crippen LogP contribution in [0.3, 0.4) is 0 Å². The van der Waals surface area contributed by atoms with Crippen molar-refractivity contribution in [2.24, 2.45) is 5.92 Å². The van der Waals surface area contributed by atoms with Crippen LogP contribution in [-0.4, -0.2) is 18.3 Å². The highest BCUT2D eigenvalue weighted by Crippen LogP contribution is 2.32. The fourth-order valence-electron chi connectivity index (χ4n) is 3.29. The lowest BCUT2D eigenvalue weighted by Crippen LogP contribution is -2.50. The van der Waals surface area contributed by atoms with E-state index in [1.807, 2.05) is 0 Å². The van der Waals surface area contributed by atoms with Gasteiger partial charge in [0.2, 0.25) is 0 Å². The first-order chi connectivity index (χ1) is 8.05. The van der Waals surface area contributed by atoms with Crippen LogP contribution < -0.4 is 5.32 Å². The van der Waals surface area contributed by atoms with E-state index in [0.29, 0.717) is 12.3 Å². The first-order valence-electron chi connectivity index (χ1n) is 6.88. The van der Waals surface area contributed by atoms with Gasteiger partial charge in [-0.1, -0.05) is 38.5 Å². The van der Waals surface area contributed by atoms with Gasteiger partial charge in [-0.2, -0.15) is 13.2 Å². The average molecular weight is 249 g/mol. The van der Waals surface area contributed by atoms with Gasteiger partial charge in [-0.25, -0.2) is 0 Å². The largest absolute Gasteiger partial charge is 0.403 e. The van der Waals surface area contributed by atoms with Crippen molar-refractivity contribution in [1.82, 2.24) is 5.32 Å². The van der Waals surface area contributed by atoms with E-state index in [9.17, 15) is 13.2 Å². The van der Waals surface area contributed by atoms with Crippen LogP contribution in [-0.2, 0) is 0 Å². The summed E-state index contributed by atoms with van der Waals surface area (Å²) in [5, 5.41) is 2.82. The van der Waals surface area contributed by atoms with Gasteiger partial charge in [0.25, 0.3) is 0 Å². The van der Waals surface area contributed by atoms with Crippen molar-refractivity contribution in [3.05, 3.63) is 0 Å². The van der Waals surface area contributed by atoms with Crippen LogP contribution in [0, 0.1) is 5.92 Å². The van der Waals surface area contributed by atoms with Gasteiger partial charge in [0.1, 0.15) is 6.04 Å². The van der Waals surface area contributed by atoms with Crippen LogP contribution in [0.4, 0.5) is 13.2 Å². The lowest BCUT2D eigenvalue weighted by Gasteiger charge is -2.35. The molecule has 0 aromatic carbocycles. The van der Waals surface area contributed by atoms with Crippen molar-refractivity contribution < 1.29 is 13.2 Å². The zero-order chi connectivity index (χ0) is 12.3. The summed E-state index contributed by atoms with van der Waals surface area (Å²) >= 11 is 0. The predicted octanol–water partition coefficient (Wildman–Crippen LogP) is 4.03. The monoisotopic (exact) mass is 249 g/mol. The van der Waals surface area contributed by atoms with Crippen molar-refractivity contribution in [2.75, 3.05) is 0 Å². The van der Waals surface area contributed by atoms with Crippen molar-refractivity contribution in [1.29, 1.82) is 0 Å². The van der Waals surface area contributed by atoms with E-state index in [-0.39, 0.29) is 12.5 Å². The molecule has 1 heterocycles. The Kier molecular flexibility index (Phi) is 4.34. The maximum Gasteiger partial charge on any atom is 0.403 e. The Morgan fingerprint density at radius 3 is 2.24 bits per heavy atom. The Bertz CT molecular complexity index is 233. The summed E-state index contributed by atoms with van der Waals surface area (Å²) < 4.78 is 37.9. The standard InChI is InChI=1S/C13H22F3N/c14-13(15,16)12-8-4-7-11(17-12)9-10-5-2-1-3-6-10/h10-12,17H,1-9H2. The maximum absolute atomic E-state index is 12.6. The van der Waals surface area contributed by atoms with Crippen LogP contribution in [0.2, 0.25) is 0 Å².